The number of ether oxygens (including phenoxy) is 2. The van der Waals surface area contributed by atoms with Gasteiger partial charge in [0.2, 0.25) is 0 Å². The Hall–Kier alpha value is -1.46. The van der Waals surface area contributed by atoms with Gasteiger partial charge in [0.1, 0.15) is 0 Å². The molecule has 1 aliphatic heterocycles. The predicted molar refractivity (Wildman–Crippen MR) is 92.8 cm³/mol. The lowest BCUT2D eigenvalue weighted by Crippen LogP contribution is -2.44. The number of halogens is 2. The highest BCUT2D eigenvalue weighted by atomic mass is 35.5. The minimum atomic E-state index is -0.645. The monoisotopic (exact) mass is 373 g/mol. The summed E-state index contributed by atoms with van der Waals surface area (Å²) in [6.07, 6.45) is 1.10. The van der Waals surface area contributed by atoms with E-state index in [0.29, 0.717) is 30.7 Å². The summed E-state index contributed by atoms with van der Waals surface area (Å²) in [7, 11) is 1.43. The maximum atomic E-state index is 12.2. The molecule has 0 spiro atoms. The third-order valence-electron chi connectivity index (χ3n) is 3.99. The molecule has 2 atom stereocenters. The van der Waals surface area contributed by atoms with Crippen molar-refractivity contribution < 1.29 is 19.1 Å². The van der Waals surface area contributed by atoms with Gasteiger partial charge in [0.25, 0.3) is 5.91 Å². The van der Waals surface area contributed by atoms with Crippen LogP contribution < -0.4 is 4.74 Å². The van der Waals surface area contributed by atoms with Crippen LogP contribution in [0.15, 0.2) is 12.1 Å². The molecular weight excluding hydrogens is 353 g/mol. The Balaban J connectivity index is 1.97. The van der Waals surface area contributed by atoms with E-state index in [1.54, 1.807) is 4.90 Å². The van der Waals surface area contributed by atoms with E-state index in [1.165, 1.54) is 19.2 Å². The number of benzene rings is 1. The average molecular weight is 374 g/mol. The minimum Gasteiger partial charge on any atom is -0.494 e. The smallest absolute Gasteiger partial charge is 0.338 e. The Labute approximate surface area is 151 Å². The van der Waals surface area contributed by atoms with Gasteiger partial charge in [0.05, 0.1) is 22.7 Å². The van der Waals surface area contributed by atoms with Gasteiger partial charge in [0.15, 0.2) is 12.4 Å². The summed E-state index contributed by atoms with van der Waals surface area (Å²) in [6.45, 7) is 5.33. The fraction of sp³-hybridized carbons (Fsp3) is 0.529. The van der Waals surface area contributed by atoms with Crippen LogP contribution in [-0.4, -0.2) is 43.6 Å². The molecule has 0 saturated carbocycles. The average Bonchev–Trinajstić information content (AvgIpc) is 2.50. The Kier molecular flexibility index (Phi) is 6.35. The molecule has 5 nitrogen and oxygen atoms in total. The van der Waals surface area contributed by atoms with Crippen LogP contribution in [0, 0.1) is 11.8 Å². The van der Waals surface area contributed by atoms with Crippen molar-refractivity contribution in [1.82, 2.24) is 4.90 Å². The van der Waals surface area contributed by atoms with Crippen LogP contribution in [0.4, 0.5) is 0 Å². The van der Waals surface area contributed by atoms with E-state index < -0.39 is 5.97 Å². The van der Waals surface area contributed by atoms with Crippen molar-refractivity contribution >= 4 is 35.1 Å². The van der Waals surface area contributed by atoms with E-state index in [-0.39, 0.29) is 28.1 Å². The lowest BCUT2D eigenvalue weighted by molar-refractivity contribution is -0.137. The number of methoxy groups -OCH3 is 1. The molecule has 1 heterocycles. The summed E-state index contributed by atoms with van der Waals surface area (Å²) in [6, 6.07) is 2.81. The van der Waals surface area contributed by atoms with E-state index >= 15 is 0 Å². The topological polar surface area (TPSA) is 55.8 Å². The van der Waals surface area contributed by atoms with Crippen molar-refractivity contribution in [2.45, 2.75) is 20.3 Å². The summed E-state index contributed by atoms with van der Waals surface area (Å²) in [5.41, 5.74) is 0.180. The van der Waals surface area contributed by atoms with E-state index in [0.717, 1.165) is 6.42 Å². The molecule has 0 aliphatic carbocycles. The van der Waals surface area contributed by atoms with Gasteiger partial charge in [-0.3, -0.25) is 4.79 Å². The van der Waals surface area contributed by atoms with Crippen molar-refractivity contribution in [3.63, 3.8) is 0 Å². The fourth-order valence-corrected chi connectivity index (χ4v) is 3.68. The molecule has 24 heavy (non-hydrogen) atoms. The highest BCUT2D eigenvalue weighted by Gasteiger charge is 2.26. The maximum absolute atomic E-state index is 12.2. The molecular formula is C17H21Cl2NO4. The van der Waals surface area contributed by atoms with Crippen LogP contribution >= 0.6 is 23.2 Å². The zero-order valence-corrected chi connectivity index (χ0v) is 15.5. The second-order valence-electron chi connectivity index (χ2n) is 6.29. The third kappa shape index (κ3) is 4.54. The quantitative estimate of drug-likeness (QED) is 0.755. The summed E-state index contributed by atoms with van der Waals surface area (Å²) in [5, 5.41) is 0.420. The summed E-state index contributed by atoms with van der Waals surface area (Å²) >= 11 is 12.0. The van der Waals surface area contributed by atoms with Gasteiger partial charge in [-0.1, -0.05) is 37.0 Å². The van der Waals surface area contributed by atoms with Crippen molar-refractivity contribution in [3.8, 4) is 5.75 Å². The van der Waals surface area contributed by atoms with Gasteiger partial charge in [-0.25, -0.2) is 4.79 Å². The number of likely N-dealkylation sites (tertiary alicyclic amines) is 1. The van der Waals surface area contributed by atoms with Gasteiger partial charge < -0.3 is 14.4 Å². The first-order valence-corrected chi connectivity index (χ1v) is 8.55. The molecule has 0 unspecified atom stereocenters. The molecule has 132 valence electrons. The highest BCUT2D eigenvalue weighted by molar-refractivity contribution is 6.37. The predicted octanol–water partition coefficient (Wildman–Crippen LogP) is 3.66. The van der Waals surface area contributed by atoms with Crippen molar-refractivity contribution in [1.29, 1.82) is 0 Å². The Bertz CT molecular complexity index is 602. The first-order chi connectivity index (χ1) is 11.3. The summed E-state index contributed by atoms with van der Waals surface area (Å²) in [4.78, 5) is 26.1. The summed E-state index contributed by atoms with van der Waals surface area (Å²) < 4.78 is 10.1. The molecule has 0 N–H and O–H groups in total. The number of esters is 1. The van der Waals surface area contributed by atoms with Gasteiger partial charge in [-0.2, -0.15) is 0 Å². The van der Waals surface area contributed by atoms with E-state index in [4.69, 9.17) is 32.7 Å². The van der Waals surface area contributed by atoms with Gasteiger partial charge in [-0.05, 0) is 30.4 Å². The van der Waals surface area contributed by atoms with Crippen LogP contribution in [0.5, 0.6) is 5.75 Å². The molecule has 0 aromatic heterocycles. The number of hydrogen-bond acceptors (Lipinski definition) is 4. The van der Waals surface area contributed by atoms with Crippen molar-refractivity contribution in [3.05, 3.63) is 27.7 Å². The van der Waals surface area contributed by atoms with E-state index in [1.807, 2.05) is 0 Å². The second-order valence-corrected chi connectivity index (χ2v) is 7.11. The minimum absolute atomic E-state index is 0.180. The first kappa shape index (κ1) is 18.9. The van der Waals surface area contributed by atoms with Gasteiger partial charge >= 0.3 is 5.97 Å². The number of hydrogen-bond donors (Lipinski definition) is 0. The Morgan fingerprint density at radius 1 is 1.17 bits per heavy atom. The molecule has 1 aliphatic rings. The molecule has 0 bridgehead atoms. The SMILES string of the molecule is COc1c(Cl)cc(C(=O)OCC(=O)N2C[C@H](C)C[C@H](C)C2)cc1Cl. The first-order valence-electron chi connectivity index (χ1n) is 7.79. The lowest BCUT2D eigenvalue weighted by atomic mass is 9.92. The normalized spacial score (nSPS) is 20.6. The van der Waals surface area contributed by atoms with Crippen LogP contribution in [0.1, 0.15) is 30.6 Å². The molecule has 1 amide bonds. The number of rotatable bonds is 4. The number of nitrogens with zero attached hydrogens (tertiary/aromatic N) is 1. The Morgan fingerprint density at radius 2 is 1.71 bits per heavy atom. The molecule has 7 heteroatoms. The fourth-order valence-electron chi connectivity index (χ4n) is 3.04. The largest absolute Gasteiger partial charge is 0.494 e. The number of carbonyl (C=O) groups is 2. The maximum Gasteiger partial charge on any atom is 0.338 e. The highest BCUT2D eigenvalue weighted by Crippen LogP contribution is 2.34. The van der Waals surface area contributed by atoms with Crippen LogP contribution in [0.3, 0.4) is 0 Å². The third-order valence-corrected chi connectivity index (χ3v) is 4.55. The zero-order chi connectivity index (χ0) is 17.9. The van der Waals surface area contributed by atoms with Crippen LogP contribution in [-0.2, 0) is 9.53 Å². The zero-order valence-electron chi connectivity index (χ0n) is 14.0. The lowest BCUT2D eigenvalue weighted by Gasteiger charge is -2.34. The Morgan fingerprint density at radius 3 is 2.21 bits per heavy atom. The number of carbonyl (C=O) groups excluding carboxylic acids is 2. The van der Waals surface area contributed by atoms with E-state index in [9.17, 15) is 9.59 Å². The number of amides is 1. The molecule has 1 saturated heterocycles. The van der Waals surface area contributed by atoms with Crippen LogP contribution in [0.25, 0.3) is 0 Å². The van der Waals surface area contributed by atoms with Crippen molar-refractivity contribution in [2.24, 2.45) is 11.8 Å². The molecule has 1 fully saturated rings. The molecule has 1 aromatic carbocycles. The molecule has 2 rings (SSSR count). The van der Waals surface area contributed by atoms with Gasteiger partial charge in [-0.15, -0.1) is 0 Å². The second kappa shape index (κ2) is 8.08. The standard InChI is InChI=1S/C17H21Cl2NO4/c1-10-4-11(2)8-20(7-10)15(21)9-24-17(22)12-5-13(18)16(23-3)14(19)6-12/h5-6,10-11H,4,7-9H2,1-3H3/t10-,11+. The van der Waals surface area contributed by atoms with E-state index in [2.05, 4.69) is 13.8 Å². The molecule has 0 radical (unpaired) electrons. The van der Waals surface area contributed by atoms with Crippen LogP contribution in [0.2, 0.25) is 10.0 Å². The summed E-state index contributed by atoms with van der Waals surface area (Å²) in [5.74, 6) is 0.364. The number of piperidine rings is 1. The molecule has 1 aromatic rings. The van der Waals surface area contributed by atoms with Crippen molar-refractivity contribution in [2.75, 3.05) is 26.8 Å². The van der Waals surface area contributed by atoms with Gasteiger partial charge in [0, 0.05) is 13.1 Å².